The molecule has 0 saturated carbocycles. The lowest BCUT2D eigenvalue weighted by molar-refractivity contribution is -0.138. The van der Waals surface area contributed by atoms with Crippen LogP contribution < -0.4 is 4.74 Å². The van der Waals surface area contributed by atoms with E-state index in [1.807, 2.05) is 0 Å². The molecule has 2 rings (SSSR count). The van der Waals surface area contributed by atoms with Gasteiger partial charge in [-0.1, -0.05) is 37.3 Å². The number of halogens is 3. The van der Waals surface area contributed by atoms with Gasteiger partial charge in [-0.25, -0.2) is 0 Å². The lowest BCUT2D eigenvalue weighted by Gasteiger charge is -2.16. The van der Waals surface area contributed by atoms with Crippen molar-refractivity contribution in [2.24, 2.45) is 0 Å². The Morgan fingerprint density at radius 3 is 2.37 bits per heavy atom. The van der Waals surface area contributed by atoms with Crippen molar-refractivity contribution in [3.05, 3.63) is 59.7 Å². The van der Waals surface area contributed by atoms with Crippen LogP contribution in [0.2, 0.25) is 0 Å². The van der Waals surface area contributed by atoms with Crippen molar-refractivity contribution in [3.63, 3.8) is 0 Å². The Labute approximate surface area is 109 Å². The first kappa shape index (κ1) is 13.5. The molecule has 99 valence electrons. The Morgan fingerprint density at radius 2 is 1.79 bits per heavy atom. The predicted molar refractivity (Wildman–Crippen MR) is 66.2 cm³/mol. The molecule has 0 aromatic heterocycles. The molecule has 19 heavy (non-hydrogen) atoms. The number of hydrogen-bond acceptors (Lipinski definition) is 1. The molecule has 2 aromatic carbocycles. The van der Waals surface area contributed by atoms with Crippen LogP contribution in [0.5, 0.6) is 11.5 Å². The van der Waals surface area contributed by atoms with Crippen LogP contribution in [0.3, 0.4) is 0 Å². The van der Waals surface area contributed by atoms with Gasteiger partial charge in [-0.3, -0.25) is 0 Å². The fourth-order valence-electron chi connectivity index (χ4n) is 1.74. The summed E-state index contributed by atoms with van der Waals surface area (Å²) in [5, 5.41) is 0. The van der Waals surface area contributed by atoms with Crippen molar-refractivity contribution >= 4 is 0 Å². The van der Waals surface area contributed by atoms with Crippen LogP contribution in [0.4, 0.5) is 13.2 Å². The summed E-state index contributed by atoms with van der Waals surface area (Å²) >= 11 is 0. The van der Waals surface area contributed by atoms with Crippen molar-refractivity contribution in [2.75, 3.05) is 0 Å². The van der Waals surface area contributed by atoms with Crippen LogP contribution >= 0.6 is 0 Å². The maximum Gasteiger partial charge on any atom is 0.420 e. The molecule has 0 amide bonds. The van der Waals surface area contributed by atoms with Gasteiger partial charge < -0.3 is 4.74 Å². The third-order valence-electron chi connectivity index (χ3n) is 2.66. The Bertz CT molecular complexity index is 547. The van der Waals surface area contributed by atoms with Crippen molar-refractivity contribution in [1.29, 1.82) is 0 Å². The molecular weight excluding hydrogens is 253 g/mol. The Balaban J connectivity index is 2.48. The SMILES string of the molecule is CCc1cc[c]c(C(F)(F)F)c1Oc1ccccc1. The molecule has 0 aliphatic carbocycles. The van der Waals surface area contributed by atoms with E-state index in [9.17, 15) is 13.2 Å². The molecular formula is C15H12F3O. The summed E-state index contributed by atoms with van der Waals surface area (Å²) in [6.07, 6.45) is -4.02. The van der Waals surface area contributed by atoms with Gasteiger partial charge in [-0.2, -0.15) is 13.2 Å². The van der Waals surface area contributed by atoms with Crippen LogP contribution in [-0.4, -0.2) is 0 Å². The van der Waals surface area contributed by atoms with E-state index in [4.69, 9.17) is 4.74 Å². The number of hydrogen-bond donors (Lipinski definition) is 0. The number of ether oxygens (including phenoxy) is 1. The molecule has 1 radical (unpaired) electrons. The van der Waals surface area contributed by atoms with Crippen LogP contribution in [-0.2, 0) is 12.6 Å². The fourth-order valence-corrected chi connectivity index (χ4v) is 1.74. The van der Waals surface area contributed by atoms with E-state index < -0.39 is 11.7 Å². The second-order valence-electron chi connectivity index (χ2n) is 3.97. The number of benzene rings is 2. The van der Waals surface area contributed by atoms with Crippen molar-refractivity contribution < 1.29 is 17.9 Å². The molecule has 0 N–H and O–H groups in total. The van der Waals surface area contributed by atoms with Gasteiger partial charge in [-0.15, -0.1) is 0 Å². The zero-order valence-corrected chi connectivity index (χ0v) is 10.3. The number of alkyl halides is 3. The lowest BCUT2D eigenvalue weighted by Crippen LogP contribution is -2.09. The largest absolute Gasteiger partial charge is 0.456 e. The molecule has 0 saturated heterocycles. The Morgan fingerprint density at radius 1 is 1.11 bits per heavy atom. The van der Waals surface area contributed by atoms with E-state index in [0.717, 1.165) is 0 Å². The number of rotatable bonds is 3. The minimum atomic E-state index is -4.48. The van der Waals surface area contributed by atoms with Gasteiger partial charge in [0.1, 0.15) is 17.1 Å². The van der Waals surface area contributed by atoms with E-state index in [2.05, 4.69) is 6.07 Å². The highest BCUT2D eigenvalue weighted by molar-refractivity contribution is 5.45. The van der Waals surface area contributed by atoms with Crippen LogP contribution in [0.15, 0.2) is 42.5 Å². The second-order valence-corrected chi connectivity index (χ2v) is 3.97. The van der Waals surface area contributed by atoms with Crippen LogP contribution in [0.1, 0.15) is 18.1 Å². The Hall–Kier alpha value is -1.97. The number of para-hydroxylation sites is 1. The summed E-state index contributed by atoms with van der Waals surface area (Å²) < 4.78 is 44.3. The van der Waals surface area contributed by atoms with E-state index in [0.29, 0.717) is 17.7 Å². The molecule has 0 heterocycles. The first-order valence-electron chi connectivity index (χ1n) is 5.86. The first-order valence-corrected chi connectivity index (χ1v) is 5.86. The monoisotopic (exact) mass is 265 g/mol. The van der Waals surface area contributed by atoms with Crippen LogP contribution in [0.25, 0.3) is 0 Å². The third-order valence-corrected chi connectivity index (χ3v) is 2.66. The van der Waals surface area contributed by atoms with E-state index in [1.54, 1.807) is 43.3 Å². The zero-order valence-electron chi connectivity index (χ0n) is 10.3. The van der Waals surface area contributed by atoms with Crippen molar-refractivity contribution in [2.45, 2.75) is 19.5 Å². The van der Waals surface area contributed by atoms with Gasteiger partial charge in [0.15, 0.2) is 0 Å². The summed E-state index contributed by atoms with van der Waals surface area (Å²) in [4.78, 5) is 0. The smallest absolute Gasteiger partial charge is 0.420 e. The summed E-state index contributed by atoms with van der Waals surface area (Å²) in [7, 11) is 0. The van der Waals surface area contributed by atoms with Crippen LogP contribution in [0, 0.1) is 6.07 Å². The molecule has 0 aliphatic rings. The van der Waals surface area contributed by atoms with Gasteiger partial charge in [0.2, 0.25) is 0 Å². The average Bonchev–Trinajstić information content (AvgIpc) is 2.39. The van der Waals surface area contributed by atoms with Gasteiger partial charge in [0.25, 0.3) is 0 Å². The second kappa shape index (κ2) is 5.34. The van der Waals surface area contributed by atoms with Crippen molar-refractivity contribution in [1.82, 2.24) is 0 Å². The minimum absolute atomic E-state index is 0.163. The molecule has 4 heteroatoms. The molecule has 0 aliphatic heterocycles. The topological polar surface area (TPSA) is 9.23 Å². The molecule has 1 nitrogen and oxygen atoms in total. The maximum atomic E-state index is 13.0. The maximum absolute atomic E-state index is 13.0. The summed E-state index contributed by atoms with van der Waals surface area (Å²) in [5.74, 6) is 0.214. The Kier molecular flexibility index (Phi) is 3.79. The molecule has 0 bridgehead atoms. The molecule has 0 atom stereocenters. The van der Waals surface area contributed by atoms with Gasteiger partial charge in [-0.05, 0) is 30.2 Å². The highest BCUT2D eigenvalue weighted by Gasteiger charge is 2.35. The highest BCUT2D eigenvalue weighted by Crippen LogP contribution is 2.39. The lowest BCUT2D eigenvalue weighted by atomic mass is 10.1. The van der Waals surface area contributed by atoms with Gasteiger partial charge in [0.05, 0.1) is 0 Å². The van der Waals surface area contributed by atoms with Gasteiger partial charge >= 0.3 is 6.18 Å². The van der Waals surface area contributed by atoms with E-state index >= 15 is 0 Å². The normalized spacial score (nSPS) is 11.4. The van der Waals surface area contributed by atoms with Crippen molar-refractivity contribution in [3.8, 4) is 11.5 Å². The third kappa shape index (κ3) is 3.08. The van der Waals surface area contributed by atoms with E-state index in [1.165, 1.54) is 6.07 Å². The average molecular weight is 265 g/mol. The molecule has 0 fully saturated rings. The summed E-state index contributed by atoms with van der Waals surface area (Å²) in [5.41, 5.74) is -0.356. The fraction of sp³-hybridized carbons (Fsp3) is 0.200. The first-order chi connectivity index (χ1) is 9.02. The predicted octanol–water partition coefficient (Wildman–Crippen LogP) is 4.86. The van der Waals surface area contributed by atoms with E-state index in [-0.39, 0.29) is 5.75 Å². The summed E-state index contributed by atoms with van der Waals surface area (Å²) in [6.45, 7) is 1.79. The van der Waals surface area contributed by atoms with Gasteiger partial charge in [0, 0.05) is 0 Å². The standard InChI is InChI=1S/C15H12F3O/c1-2-11-7-6-10-13(15(16,17)18)14(11)19-12-8-4-3-5-9-12/h3-9H,2H2,1H3. The minimum Gasteiger partial charge on any atom is -0.456 e. The quantitative estimate of drug-likeness (QED) is 0.770. The summed E-state index contributed by atoms with van der Waals surface area (Å²) in [6, 6.07) is 13.5. The zero-order chi connectivity index (χ0) is 13.9. The molecule has 2 aromatic rings. The molecule has 0 unspecified atom stereocenters. The number of aryl methyl sites for hydroxylation is 1. The highest BCUT2D eigenvalue weighted by atomic mass is 19.4. The molecule has 0 spiro atoms.